The molecule has 1 N–H and O–H groups in total. The zero-order chi connectivity index (χ0) is 16.5. The molecule has 120 valence electrons. The first-order chi connectivity index (χ1) is 11.2. The molecule has 1 amide bonds. The molecule has 0 aliphatic rings. The molecule has 0 aliphatic carbocycles. The zero-order valence-electron chi connectivity index (χ0n) is 13.2. The van der Waals surface area contributed by atoms with Gasteiger partial charge in [-0.25, -0.2) is 0 Å². The Bertz CT molecular complexity index is 635. The fraction of sp³-hybridized carbons (Fsp3) is 0.263. The van der Waals surface area contributed by atoms with Gasteiger partial charge in [-0.15, -0.1) is 0 Å². The summed E-state index contributed by atoms with van der Waals surface area (Å²) in [7, 11) is 1.59. The first kappa shape index (κ1) is 16.7. The lowest BCUT2D eigenvalue weighted by Crippen LogP contribution is -2.17. The van der Waals surface area contributed by atoms with E-state index in [1.54, 1.807) is 31.3 Å². The molecule has 0 unspecified atom stereocenters. The van der Waals surface area contributed by atoms with Gasteiger partial charge in [-0.2, -0.15) is 0 Å². The van der Waals surface area contributed by atoms with Crippen molar-refractivity contribution in [1.82, 2.24) is 5.32 Å². The number of rotatable bonds is 7. The largest absolute Gasteiger partial charge is 0.465 e. The molecule has 23 heavy (non-hydrogen) atoms. The lowest BCUT2D eigenvalue weighted by Gasteiger charge is -2.06. The Balaban J connectivity index is 1.71. The van der Waals surface area contributed by atoms with Gasteiger partial charge in [0.15, 0.2) is 0 Å². The Morgan fingerprint density at radius 2 is 1.65 bits per heavy atom. The Kier molecular flexibility index (Phi) is 6.36. The molecule has 4 heteroatoms. The molecular formula is C19H21NO3. The highest BCUT2D eigenvalue weighted by Gasteiger charge is 2.07. The monoisotopic (exact) mass is 311 g/mol. The van der Waals surface area contributed by atoms with E-state index in [0.717, 1.165) is 18.4 Å². The number of ether oxygens (including phenoxy) is 1. The highest BCUT2D eigenvalue weighted by molar-refractivity contribution is 5.94. The van der Waals surface area contributed by atoms with Crippen molar-refractivity contribution in [1.29, 1.82) is 0 Å². The van der Waals surface area contributed by atoms with Crippen LogP contribution < -0.4 is 5.32 Å². The van der Waals surface area contributed by atoms with E-state index in [-0.39, 0.29) is 18.3 Å². The second kappa shape index (κ2) is 8.73. The molecule has 0 spiro atoms. The average Bonchev–Trinajstić information content (AvgIpc) is 2.59. The van der Waals surface area contributed by atoms with Gasteiger partial charge in [0.25, 0.3) is 5.91 Å². The van der Waals surface area contributed by atoms with Gasteiger partial charge < -0.3 is 10.1 Å². The van der Waals surface area contributed by atoms with Crippen molar-refractivity contribution >= 4 is 11.9 Å². The highest BCUT2D eigenvalue weighted by Crippen LogP contribution is 2.07. The van der Waals surface area contributed by atoms with Crippen LogP contribution in [0.25, 0.3) is 0 Å². The molecule has 2 rings (SSSR count). The van der Waals surface area contributed by atoms with Gasteiger partial charge in [-0.3, -0.25) is 9.59 Å². The van der Waals surface area contributed by atoms with Crippen molar-refractivity contribution in [3.8, 4) is 0 Å². The van der Waals surface area contributed by atoms with Crippen LogP contribution in [-0.4, -0.2) is 25.5 Å². The van der Waals surface area contributed by atoms with Gasteiger partial charge in [-0.1, -0.05) is 42.5 Å². The first-order valence-electron chi connectivity index (χ1n) is 7.69. The van der Waals surface area contributed by atoms with Gasteiger partial charge in [0.2, 0.25) is 0 Å². The lowest BCUT2D eigenvalue weighted by molar-refractivity contribution is -0.142. The fourth-order valence-corrected chi connectivity index (χ4v) is 2.24. The quantitative estimate of drug-likeness (QED) is 0.632. The highest BCUT2D eigenvalue weighted by atomic mass is 16.5. The summed E-state index contributed by atoms with van der Waals surface area (Å²) in [5, 5.41) is 2.56. The Morgan fingerprint density at radius 3 is 2.30 bits per heavy atom. The molecule has 0 radical (unpaired) electrons. The van der Waals surface area contributed by atoms with E-state index >= 15 is 0 Å². The van der Waals surface area contributed by atoms with Gasteiger partial charge in [0.1, 0.15) is 0 Å². The first-order valence-corrected chi connectivity index (χ1v) is 7.69. The van der Waals surface area contributed by atoms with E-state index in [9.17, 15) is 9.59 Å². The normalized spacial score (nSPS) is 10.1. The standard InChI is InChI=1S/C19H21NO3/c1-20-19(22)17-11-9-16(10-12-17)14-18(21)23-13-5-8-15-6-3-2-4-7-15/h2-4,6-7,9-12H,5,8,13-14H2,1H3,(H,20,22). The van der Waals surface area contributed by atoms with Gasteiger partial charge in [0.05, 0.1) is 13.0 Å². The minimum absolute atomic E-state index is 0.139. The van der Waals surface area contributed by atoms with Gasteiger partial charge in [-0.05, 0) is 36.1 Å². The summed E-state index contributed by atoms with van der Waals surface area (Å²) in [5.74, 6) is -0.384. The summed E-state index contributed by atoms with van der Waals surface area (Å²) in [6.45, 7) is 0.421. The molecular weight excluding hydrogens is 290 g/mol. The Hall–Kier alpha value is -2.62. The number of benzene rings is 2. The van der Waals surface area contributed by atoms with Crippen LogP contribution in [0.4, 0.5) is 0 Å². The van der Waals surface area contributed by atoms with Crippen molar-refractivity contribution in [2.45, 2.75) is 19.3 Å². The molecule has 0 heterocycles. The molecule has 0 saturated heterocycles. The van der Waals surface area contributed by atoms with Crippen molar-refractivity contribution in [3.63, 3.8) is 0 Å². The molecule has 0 saturated carbocycles. The van der Waals surface area contributed by atoms with Crippen LogP contribution in [0.15, 0.2) is 54.6 Å². The summed E-state index contributed by atoms with van der Waals surface area (Å²) >= 11 is 0. The third-order valence-corrected chi connectivity index (χ3v) is 3.51. The second-order valence-electron chi connectivity index (χ2n) is 5.26. The summed E-state index contributed by atoms with van der Waals surface area (Å²) in [6, 6.07) is 17.1. The third kappa shape index (κ3) is 5.58. The number of esters is 1. The Labute approximate surface area is 136 Å². The van der Waals surface area contributed by atoms with Crippen LogP contribution in [0.2, 0.25) is 0 Å². The topological polar surface area (TPSA) is 55.4 Å². The maximum Gasteiger partial charge on any atom is 0.310 e. The molecule has 0 atom stereocenters. The molecule has 2 aromatic rings. The SMILES string of the molecule is CNC(=O)c1ccc(CC(=O)OCCCc2ccccc2)cc1. The van der Waals surface area contributed by atoms with Crippen molar-refractivity contribution in [2.24, 2.45) is 0 Å². The summed E-state index contributed by atoms with van der Waals surface area (Å²) in [4.78, 5) is 23.2. The van der Waals surface area contributed by atoms with Gasteiger partial charge in [0, 0.05) is 12.6 Å². The van der Waals surface area contributed by atoms with E-state index in [0.29, 0.717) is 12.2 Å². The zero-order valence-corrected chi connectivity index (χ0v) is 13.2. The summed E-state index contributed by atoms with van der Waals surface area (Å²) < 4.78 is 5.25. The maximum atomic E-state index is 11.8. The molecule has 0 bridgehead atoms. The smallest absolute Gasteiger partial charge is 0.310 e. The number of amides is 1. The van der Waals surface area contributed by atoms with E-state index in [2.05, 4.69) is 17.4 Å². The second-order valence-corrected chi connectivity index (χ2v) is 5.26. The van der Waals surface area contributed by atoms with E-state index in [1.165, 1.54) is 5.56 Å². The minimum atomic E-state index is -0.245. The van der Waals surface area contributed by atoms with Crippen LogP contribution in [-0.2, 0) is 22.4 Å². The number of carbonyl (C=O) groups is 2. The van der Waals surface area contributed by atoms with Crippen LogP contribution in [0.5, 0.6) is 0 Å². The van der Waals surface area contributed by atoms with Crippen molar-refractivity contribution < 1.29 is 14.3 Å². The van der Waals surface area contributed by atoms with Gasteiger partial charge >= 0.3 is 5.97 Å². The van der Waals surface area contributed by atoms with E-state index in [4.69, 9.17) is 4.74 Å². The molecule has 4 nitrogen and oxygen atoms in total. The summed E-state index contributed by atoms with van der Waals surface area (Å²) in [6.07, 6.45) is 1.93. The maximum absolute atomic E-state index is 11.8. The van der Waals surface area contributed by atoms with Crippen LogP contribution in [0.3, 0.4) is 0 Å². The predicted octanol–water partition coefficient (Wildman–Crippen LogP) is 2.76. The number of carbonyl (C=O) groups excluding carboxylic acids is 2. The van der Waals surface area contributed by atoms with E-state index < -0.39 is 0 Å². The lowest BCUT2D eigenvalue weighted by atomic mass is 10.1. The fourth-order valence-electron chi connectivity index (χ4n) is 2.24. The van der Waals surface area contributed by atoms with Crippen LogP contribution in [0.1, 0.15) is 27.9 Å². The van der Waals surface area contributed by atoms with Crippen LogP contribution >= 0.6 is 0 Å². The molecule has 0 aliphatic heterocycles. The number of nitrogens with one attached hydrogen (secondary N) is 1. The Morgan fingerprint density at radius 1 is 0.957 bits per heavy atom. The number of aryl methyl sites for hydroxylation is 1. The predicted molar refractivity (Wildman–Crippen MR) is 89.3 cm³/mol. The van der Waals surface area contributed by atoms with Crippen molar-refractivity contribution in [3.05, 3.63) is 71.3 Å². The number of hydrogen-bond donors (Lipinski definition) is 1. The number of hydrogen-bond acceptors (Lipinski definition) is 3. The minimum Gasteiger partial charge on any atom is -0.465 e. The third-order valence-electron chi connectivity index (χ3n) is 3.51. The average molecular weight is 311 g/mol. The summed E-state index contributed by atoms with van der Waals surface area (Å²) in [5.41, 5.74) is 2.66. The molecule has 0 aromatic heterocycles. The molecule has 2 aromatic carbocycles. The van der Waals surface area contributed by atoms with E-state index in [1.807, 2.05) is 18.2 Å². The van der Waals surface area contributed by atoms with Crippen LogP contribution in [0, 0.1) is 0 Å². The molecule has 0 fully saturated rings. The van der Waals surface area contributed by atoms with Crippen molar-refractivity contribution in [2.75, 3.05) is 13.7 Å².